The summed E-state index contributed by atoms with van der Waals surface area (Å²) >= 11 is 3.34. The molecule has 0 spiro atoms. The molecule has 2 heterocycles. The number of hydrogen-bond acceptors (Lipinski definition) is 3. The van der Waals surface area contributed by atoms with E-state index in [9.17, 15) is 4.79 Å². The predicted molar refractivity (Wildman–Crippen MR) is 79.1 cm³/mol. The molecule has 1 unspecified atom stereocenters. The zero-order valence-corrected chi connectivity index (χ0v) is 12.8. The number of likely N-dealkylation sites (tertiary alicyclic amines) is 1. The van der Waals surface area contributed by atoms with Gasteiger partial charge in [0.1, 0.15) is 5.69 Å². The van der Waals surface area contributed by atoms with E-state index in [0.29, 0.717) is 18.2 Å². The first-order valence-corrected chi connectivity index (χ1v) is 7.57. The van der Waals surface area contributed by atoms with E-state index in [4.69, 9.17) is 0 Å². The van der Waals surface area contributed by atoms with E-state index in [1.54, 1.807) is 12.3 Å². The van der Waals surface area contributed by atoms with Crippen molar-refractivity contribution in [2.24, 2.45) is 5.92 Å². The molecule has 1 aromatic heterocycles. The quantitative estimate of drug-likeness (QED) is 0.903. The number of hydrogen-bond donors (Lipinski definition) is 1. The van der Waals surface area contributed by atoms with Crippen molar-refractivity contribution in [1.82, 2.24) is 15.2 Å². The lowest BCUT2D eigenvalue weighted by atomic mass is 10.1. The molecule has 4 nitrogen and oxygen atoms in total. The van der Waals surface area contributed by atoms with Gasteiger partial charge >= 0.3 is 0 Å². The molecule has 0 radical (unpaired) electrons. The molecule has 5 heteroatoms. The van der Waals surface area contributed by atoms with Crippen molar-refractivity contribution < 1.29 is 4.79 Å². The van der Waals surface area contributed by atoms with Gasteiger partial charge in [0.05, 0.1) is 0 Å². The van der Waals surface area contributed by atoms with Crippen LogP contribution in [0.15, 0.2) is 22.8 Å². The molecule has 1 atom stereocenters. The zero-order valence-electron chi connectivity index (χ0n) is 11.2. The first-order chi connectivity index (χ1) is 9.16. The van der Waals surface area contributed by atoms with Gasteiger partial charge in [0, 0.05) is 23.8 Å². The minimum absolute atomic E-state index is 0.110. The summed E-state index contributed by atoms with van der Waals surface area (Å²) < 4.78 is 0.736. The molecule has 104 valence electrons. The second-order valence-corrected chi connectivity index (χ2v) is 6.01. The van der Waals surface area contributed by atoms with E-state index in [2.05, 4.69) is 38.1 Å². The number of halogens is 1. The van der Waals surface area contributed by atoms with Crippen LogP contribution in [0.3, 0.4) is 0 Å². The van der Waals surface area contributed by atoms with E-state index in [-0.39, 0.29) is 5.91 Å². The first-order valence-electron chi connectivity index (χ1n) is 6.78. The van der Waals surface area contributed by atoms with Crippen LogP contribution in [-0.4, -0.2) is 42.0 Å². The summed E-state index contributed by atoms with van der Waals surface area (Å²) in [5.74, 6) is 0.352. The molecule has 1 aliphatic heterocycles. The highest BCUT2D eigenvalue weighted by Crippen LogP contribution is 2.13. The van der Waals surface area contributed by atoms with Crippen LogP contribution in [-0.2, 0) is 0 Å². The third-order valence-corrected chi connectivity index (χ3v) is 3.99. The van der Waals surface area contributed by atoms with Crippen LogP contribution in [0.25, 0.3) is 0 Å². The Morgan fingerprint density at radius 2 is 2.26 bits per heavy atom. The molecular formula is C14H20BrN3O. The lowest BCUT2D eigenvalue weighted by Gasteiger charge is -2.20. The van der Waals surface area contributed by atoms with Gasteiger partial charge in [-0.05, 0) is 59.9 Å². The largest absolute Gasteiger partial charge is 0.350 e. The fourth-order valence-corrected chi connectivity index (χ4v) is 2.81. The van der Waals surface area contributed by atoms with Crippen molar-refractivity contribution in [3.05, 3.63) is 28.5 Å². The molecule has 2 rings (SSSR count). The summed E-state index contributed by atoms with van der Waals surface area (Å²) in [5, 5.41) is 2.96. The van der Waals surface area contributed by atoms with Crippen LogP contribution in [0.5, 0.6) is 0 Å². The number of amides is 1. The smallest absolute Gasteiger partial charge is 0.271 e. The number of pyridine rings is 1. The number of rotatable bonds is 5. The maximum atomic E-state index is 12.0. The second-order valence-electron chi connectivity index (χ2n) is 5.16. The molecule has 0 aromatic carbocycles. The number of carbonyl (C=O) groups is 1. The van der Waals surface area contributed by atoms with Crippen LogP contribution >= 0.6 is 15.9 Å². The van der Waals surface area contributed by atoms with Gasteiger partial charge in [0.25, 0.3) is 5.91 Å². The Labute approximate surface area is 122 Å². The first kappa shape index (κ1) is 14.5. The number of nitrogens with one attached hydrogen (secondary N) is 1. The number of carbonyl (C=O) groups excluding carboxylic acids is 1. The Morgan fingerprint density at radius 1 is 1.53 bits per heavy atom. The molecule has 1 aliphatic rings. The fourth-order valence-electron chi connectivity index (χ4n) is 2.37. The average molecular weight is 326 g/mol. The SMILES string of the molecule is CC(CNC(=O)c1ncccc1Br)CN1CCCC1. The summed E-state index contributed by atoms with van der Waals surface area (Å²) in [4.78, 5) is 18.5. The fraction of sp³-hybridized carbons (Fsp3) is 0.571. The van der Waals surface area contributed by atoms with Gasteiger partial charge in [0.15, 0.2) is 0 Å². The molecule has 0 bridgehead atoms. The normalized spacial score (nSPS) is 17.4. The lowest BCUT2D eigenvalue weighted by Crippen LogP contribution is -2.34. The highest BCUT2D eigenvalue weighted by molar-refractivity contribution is 9.10. The maximum Gasteiger partial charge on any atom is 0.271 e. The number of nitrogens with zero attached hydrogens (tertiary/aromatic N) is 2. The molecule has 19 heavy (non-hydrogen) atoms. The summed E-state index contributed by atoms with van der Waals surface area (Å²) in [6, 6.07) is 3.63. The molecule has 1 N–H and O–H groups in total. The lowest BCUT2D eigenvalue weighted by molar-refractivity contribution is 0.0939. The van der Waals surface area contributed by atoms with E-state index >= 15 is 0 Å². The second kappa shape index (κ2) is 7.01. The Hall–Kier alpha value is -0.940. The van der Waals surface area contributed by atoms with Crippen LogP contribution in [0, 0.1) is 5.92 Å². The maximum absolute atomic E-state index is 12.0. The van der Waals surface area contributed by atoms with Crippen molar-refractivity contribution >= 4 is 21.8 Å². The molecule has 0 saturated carbocycles. The highest BCUT2D eigenvalue weighted by Gasteiger charge is 2.16. The third kappa shape index (κ3) is 4.28. The van der Waals surface area contributed by atoms with Crippen LogP contribution < -0.4 is 5.32 Å². The van der Waals surface area contributed by atoms with Crippen molar-refractivity contribution in [2.45, 2.75) is 19.8 Å². The van der Waals surface area contributed by atoms with E-state index < -0.39 is 0 Å². The van der Waals surface area contributed by atoms with Gasteiger partial charge < -0.3 is 10.2 Å². The van der Waals surface area contributed by atoms with Crippen LogP contribution in [0.2, 0.25) is 0 Å². The van der Waals surface area contributed by atoms with Gasteiger partial charge in [-0.1, -0.05) is 6.92 Å². The predicted octanol–water partition coefficient (Wildman–Crippen LogP) is 2.31. The summed E-state index contributed by atoms with van der Waals surface area (Å²) in [6.45, 7) is 6.32. The monoisotopic (exact) mass is 325 g/mol. The van der Waals surface area contributed by atoms with Gasteiger partial charge in [-0.25, -0.2) is 4.98 Å². The topological polar surface area (TPSA) is 45.2 Å². The van der Waals surface area contributed by atoms with E-state index in [0.717, 1.165) is 11.0 Å². The van der Waals surface area contributed by atoms with Crippen molar-refractivity contribution in [2.75, 3.05) is 26.2 Å². The third-order valence-electron chi connectivity index (χ3n) is 3.35. The Morgan fingerprint density at radius 3 is 2.95 bits per heavy atom. The number of aromatic nitrogens is 1. The summed E-state index contributed by atoms with van der Waals surface area (Å²) in [7, 11) is 0. The van der Waals surface area contributed by atoms with Gasteiger partial charge in [0.2, 0.25) is 0 Å². The molecule has 0 aliphatic carbocycles. The Kier molecular flexibility index (Phi) is 5.34. The minimum atomic E-state index is -0.110. The molecule has 1 amide bonds. The van der Waals surface area contributed by atoms with Crippen LogP contribution in [0.1, 0.15) is 30.3 Å². The van der Waals surface area contributed by atoms with Crippen molar-refractivity contribution in [1.29, 1.82) is 0 Å². The van der Waals surface area contributed by atoms with Crippen molar-refractivity contribution in [3.8, 4) is 0 Å². The van der Waals surface area contributed by atoms with Gasteiger partial charge in [-0.2, -0.15) is 0 Å². The van der Waals surface area contributed by atoms with E-state index in [1.165, 1.54) is 25.9 Å². The molecular weight excluding hydrogens is 306 g/mol. The minimum Gasteiger partial charge on any atom is -0.350 e. The molecule has 1 fully saturated rings. The van der Waals surface area contributed by atoms with Gasteiger partial charge in [-0.15, -0.1) is 0 Å². The summed E-state index contributed by atoms with van der Waals surface area (Å²) in [5.41, 5.74) is 0.455. The Bertz CT molecular complexity index is 432. The highest BCUT2D eigenvalue weighted by atomic mass is 79.9. The van der Waals surface area contributed by atoms with Crippen LogP contribution in [0.4, 0.5) is 0 Å². The Balaban J connectivity index is 1.78. The average Bonchev–Trinajstić information content (AvgIpc) is 2.89. The molecule has 1 aromatic rings. The standard InChI is InChI=1S/C14H20BrN3O/c1-11(10-18-7-2-3-8-18)9-17-14(19)13-12(15)5-4-6-16-13/h4-6,11H,2-3,7-10H2,1H3,(H,17,19). The van der Waals surface area contributed by atoms with E-state index in [1.807, 2.05) is 6.07 Å². The summed E-state index contributed by atoms with van der Waals surface area (Å²) in [6.07, 6.45) is 4.24. The zero-order chi connectivity index (χ0) is 13.7. The molecule has 1 saturated heterocycles. The van der Waals surface area contributed by atoms with Crippen molar-refractivity contribution in [3.63, 3.8) is 0 Å². The van der Waals surface area contributed by atoms with Gasteiger partial charge in [-0.3, -0.25) is 4.79 Å².